The normalized spacial score (nSPS) is 11.0. The van der Waals surface area contributed by atoms with Crippen molar-refractivity contribution >= 4 is 27.4 Å². The van der Waals surface area contributed by atoms with Crippen molar-refractivity contribution in [3.8, 4) is 0 Å². The molecule has 2 N–H and O–H groups in total. The molecule has 3 heterocycles. The lowest BCUT2D eigenvalue weighted by molar-refractivity contribution is 0.825. The fourth-order valence-electron chi connectivity index (χ4n) is 2.03. The van der Waals surface area contributed by atoms with Crippen molar-refractivity contribution in [3.63, 3.8) is 0 Å². The number of nitrogens with one attached hydrogen (secondary N) is 2. The Bertz CT molecular complexity index is 659. The van der Waals surface area contributed by atoms with Crippen LogP contribution in [0.25, 0.3) is 10.2 Å². The fraction of sp³-hybridized carbons (Fsp3) is 0.308. The summed E-state index contributed by atoms with van der Waals surface area (Å²) in [5, 5.41) is 11.4. The molecule has 98 valence electrons. The number of nitrogens with zero attached hydrogens (tertiary/aromatic N) is 3. The Morgan fingerprint density at radius 2 is 2.32 bits per heavy atom. The zero-order valence-corrected chi connectivity index (χ0v) is 11.5. The van der Waals surface area contributed by atoms with E-state index in [0.29, 0.717) is 0 Å². The first-order valence-corrected chi connectivity index (χ1v) is 7.08. The molecule has 0 radical (unpaired) electrons. The number of hydrogen-bond acceptors (Lipinski definition) is 5. The summed E-state index contributed by atoms with van der Waals surface area (Å²) < 4.78 is 0. The summed E-state index contributed by atoms with van der Waals surface area (Å²) in [6.45, 7) is 2.98. The average Bonchev–Trinajstić information content (AvgIpc) is 3.02. The van der Waals surface area contributed by atoms with Crippen LogP contribution >= 0.6 is 11.3 Å². The summed E-state index contributed by atoms with van der Waals surface area (Å²) in [6, 6.07) is 4.14. The minimum absolute atomic E-state index is 0.889. The lowest BCUT2D eigenvalue weighted by atomic mass is 10.2. The van der Waals surface area contributed by atoms with Crippen LogP contribution in [-0.4, -0.2) is 26.7 Å². The van der Waals surface area contributed by atoms with E-state index in [-0.39, 0.29) is 0 Å². The highest BCUT2D eigenvalue weighted by Crippen LogP contribution is 2.27. The van der Waals surface area contributed by atoms with Gasteiger partial charge in [0.05, 0.1) is 5.39 Å². The lowest BCUT2D eigenvalue weighted by Gasteiger charge is -2.05. The van der Waals surface area contributed by atoms with Gasteiger partial charge in [-0.2, -0.15) is 5.10 Å². The van der Waals surface area contributed by atoms with Gasteiger partial charge in [0, 0.05) is 23.3 Å². The molecule has 0 aromatic carbocycles. The van der Waals surface area contributed by atoms with Gasteiger partial charge in [-0.3, -0.25) is 5.10 Å². The summed E-state index contributed by atoms with van der Waals surface area (Å²) in [5.41, 5.74) is 1.17. The smallest absolute Gasteiger partial charge is 0.138 e. The van der Waals surface area contributed by atoms with E-state index >= 15 is 0 Å². The van der Waals surface area contributed by atoms with Gasteiger partial charge in [-0.15, -0.1) is 11.3 Å². The van der Waals surface area contributed by atoms with E-state index in [1.807, 2.05) is 6.07 Å². The van der Waals surface area contributed by atoms with Crippen molar-refractivity contribution in [2.24, 2.45) is 0 Å². The first-order valence-electron chi connectivity index (χ1n) is 6.26. The predicted molar refractivity (Wildman–Crippen MR) is 77.6 cm³/mol. The minimum atomic E-state index is 0.889. The molecule has 0 atom stereocenters. The van der Waals surface area contributed by atoms with Gasteiger partial charge < -0.3 is 5.32 Å². The average molecular weight is 273 g/mol. The number of aromatic nitrogens is 4. The second kappa shape index (κ2) is 5.36. The summed E-state index contributed by atoms with van der Waals surface area (Å²) in [7, 11) is 0. The van der Waals surface area contributed by atoms with Crippen LogP contribution in [0, 0.1) is 6.92 Å². The zero-order chi connectivity index (χ0) is 13.1. The Hall–Kier alpha value is -1.95. The molecule has 0 saturated carbocycles. The van der Waals surface area contributed by atoms with Crippen LogP contribution in [0.1, 0.15) is 17.0 Å². The third-order valence-electron chi connectivity index (χ3n) is 2.93. The van der Waals surface area contributed by atoms with Crippen LogP contribution in [0.15, 0.2) is 24.7 Å². The van der Waals surface area contributed by atoms with E-state index in [1.165, 1.54) is 10.6 Å². The van der Waals surface area contributed by atoms with Gasteiger partial charge in [-0.1, -0.05) is 0 Å². The molecule has 0 aliphatic carbocycles. The van der Waals surface area contributed by atoms with Crippen LogP contribution in [-0.2, 0) is 6.42 Å². The fourth-order valence-corrected chi connectivity index (χ4v) is 2.87. The molecule has 0 aliphatic heterocycles. The number of fused-ring (bicyclic) bond motifs is 1. The van der Waals surface area contributed by atoms with Gasteiger partial charge in [-0.25, -0.2) is 9.97 Å². The van der Waals surface area contributed by atoms with Crippen LogP contribution < -0.4 is 5.32 Å². The molecule has 0 saturated heterocycles. The molecule has 0 aliphatic rings. The van der Waals surface area contributed by atoms with E-state index in [2.05, 4.69) is 38.5 Å². The summed E-state index contributed by atoms with van der Waals surface area (Å²) >= 11 is 1.70. The van der Waals surface area contributed by atoms with Gasteiger partial charge in [0.25, 0.3) is 0 Å². The first kappa shape index (κ1) is 12.1. The zero-order valence-electron chi connectivity index (χ0n) is 10.7. The molecule has 19 heavy (non-hydrogen) atoms. The molecule has 0 spiro atoms. The molecular formula is C13H15N5S. The van der Waals surface area contributed by atoms with E-state index in [0.717, 1.165) is 35.4 Å². The third-order valence-corrected chi connectivity index (χ3v) is 3.88. The Balaban J connectivity index is 1.62. The maximum absolute atomic E-state index is 4.32. The summed E-state index contributed by atoms with van der Waals surface area (Å²) in [4.78, 5) is 10.9. The maximum atomic E-state index is 4.32. The van der Waals surface area contributed by atoms with Crippen molar-refractivity contribution in [3.05, 3.63) is 35.2 Å². The Morgan fingerprint density at radius 1 is 1.37 bits per heavy atom. The highest BCUT2D eigenvalue weighted by Gasteiger charge is 2.06. The molecule has 3 aromatic rings. The van der Waals surface area contributed by atoms with Gasteiger partial charge in [0.2, 0.25) is 0 Å². The Kier molecular flexibility index (Phi) is 3.41. The molecule has 6 heteroatoms. The number of aromatic amines is 1. The molecule has 0 bridgehead atoms. The van der Waals surface area contributed by atoms with Gasteiger partial charge in [0.15, 0.2) is 0 Å². The predicted octanol–water partition coefficient (Wildman–Crippen LogP) is 2.77. The van der Waals surface area contributed by atoms with Crippen LogP contribution in [0.5, 0.6) is 0 Å². The van der Waals surface area contributed by atoms with Gasteiger partial charge in [0.1, 0.15) is 17.0 Å². The number of H-pyrrole nitrogens is 1. The van der Waals surface area contributed by atoms with Crippen LogP contribution in [0.4, 0.5) is 5.82 Å². The van der Waals surface area contributed by atoms with E-state index < -0.39 is 0 Å². The highest BCUT2D eigenvalue weighted by atomic mass is 32.1. The topological polar surface area (TPSA) is 66.5 Å². The number of anilines is 1. The number of aryl methyl sites for hydroxylation is 2. The quantitative estimate of drug-likeness (QED) is 0.701. The number of rotatable bonds is 5. The second-order valence-corrected chi connectivity index (χ2v) is 5.65. The number of hydrogen-bond donors (Lipinski definition) is 2. The summed E-state index contributed by atoms with van der Waals surface area (Å²) in [5.74, 6) is 0.930. The second-order valence-electron chi connectivity index (χ2n) is 4.41. The van der Waals surface area contributed by atoms with Crippen molar-refractivity contribution in [2.45, 2.75) is 19.8 Å². The van der Waals surface area contributed by atoms with E-state index in [9.17, 15) is 0 Å². The third kappa shape index (κ3) is 2.73. The number of thiophene rings is 1. The molecular weight excluding hydrogens is 258 g/mol. The van der Waals surface area contributed by atoms with E-state index in [1.54, 1.807) is 23.9 Å². The first-order chi connectivity index (χ1) is 9.33. The maximum Gasteiger partial charge on any atom is 0.138 e. The molecule has 3 aromatic heterocycles. The lowest BCUT2D eigenvalue weighted by Crippen LogP contribution is -2.05. The summed E-state index contributed by atoms with van der Waals surface area (Å²) in [6.07, 6.45) is 5.43. The van der Waals surface area contributed by atoms with Crippen molar-refractivity contribution in [2.75, 3.05) is 11.9 Å². The monoisotopic (exact) mass is 273 g/mol. The molecule has 0 fully saturated rings. The molecule has 3 rings (SSSR count). The van der Waals surface area contributed by atoms with Crippen molar-refractivity contribution < 1.29 is 0 Å². The highest BCUT2D eigenvalue weighted by molar-refractivity contribution is 7.18. The Morgan fingerprint density at radius 3 is 3.16 bits per heavy atom. The SMILES string of the molecule is Cc1cc2c(NCCCc3ccn[nH]3)ncnc2s1. The largest absolute Gasteiger partial charge is 0.369 e. The molecule has 5 nitrogen and oxygen atoms in total. The van der Waals surface area contributed by atoms with Crippen LogP contribution in [0.2, 0.25) is 0 Å². The van der Waals surface area contributed by atoms with Crippen molar-refractivity contribution in [1.82, 2.24) is 20.2 Å². The minimum Gasteiger partial charge on any atom is -0.369 e. The van der Waals surface area contributed by atoms with E-state index in [4.69, 9.17) is 0 Å². The molecule has 0 unspecified atom stereocenters. The van der Waals surface area contributed by atoms with Gasteiger partial charge in [-0.05, 0) is 31.9 Å². The standard InChI is InChI=1S/C13H15N5S/c1-9-7-11-12(15-8-16-13(11)19-9)14-5-2-3-10-4-6-17-18-10/h4,6-8H,2-3,5H2,1H3,(H,17,18)(H,14,15,16). The Labute approximate surface area is 115 Å². The van der Waals surface area contributed by atoms with Crippen molar-refractivity contribution in [1.29, 1.82) is 0 Å². The van der Waals surface area contributed by atoms with Crippen LogP contribution in [0.3, 0.4) is 0 Å². The molecule has 0 amide bonds. The van der Waals surface area contributed by atoms with Gasteiger partial charge >= 0.3 is 0 Å².